The van der Waals surface area contributed by atoms with Crippen molar-refractivity contribution in [3.8, 4) is 0 Å². The second kappa shape index (κ2) is 7.75. The molecule has 0 bridgehead atoms. The highest BCUT2D eigenvalue weighted by Crippen LogP contribution is 2.23. The quantitative estimate of drug-likeness (QED) is 0.628. The SMILES string of the molecule is COCCc1noc(CNC2CCN(c3ncnc4nc[nH]c34)CC2)n1. The Labute approximate surface area is 150 Å². The molecule has 10 nitrogen and oxygen atoms in total. The second-order valence-corrected chi connectivity index (χ2v) is 6.29. The summed E-state index contributed by atoms with van der Waals surface area (Å²) in [6.45, 7) is 3.03. The Bertz CT molecular complexity index is 840. The van der Waals surface area contributed by atoms with E-state index in [1.807, 2.05) is 0 Å². The summed E-state index contributed by atoms with van der Waals surface area (Å²) in [7, 11) is 1.66. The fourth-order valence-corrected chi connectivity index (χ4v) is 3.18. The van der Waals surface area contributed by atoms with Crippen molar-refractivity contribution in [2.75, 3.05) is 31.7 Å². The van der Waals surface area contributed by atoms with Crippen molar-refractivity contribution >= 4 is 17.0 Å². The van der Waals surface area contributed by atoms with E-state index in [1.54, 1.807) is 19.8 Å². The van der Waals surface area contributed by atoms with Crippen molar-refractivity contribution in [2.24, 2.45) is 0 Å². The zero-order valence-corrected chi connectivity index (χ0v) is 14.7. The van der Waals surface area contributed by atoms with E-state index in [0.29, 0.717) is 43.0 Å². The van der Waals surface area contributed by atoms with Crippen molar-refractivity contribution in [1.82, 2.24) is 35.4 Å². The van der Waals surface area contributed by atoms with Crippen LogP contribution >= 0.6 is 0 Å². The molecule has 4 rings (SSSR count). The van der Waals surface area contributed by atoms with Gasteiger partial charge in [0.15, 0.2) is 17.3 Å². The largest absolute Gasteiger partial charge is 0.384 e. The summed E-state index contributed by atoms with van der Waals surface area (Å²) in [5.41, 5.74) is 1.60. The minimum atomic E-state index is 0.416. The van der Waals surface area contributed by atoms with Crippen LogP contribution in [-0.4, -0.2) is 62.9 Å². The van der Waals surface area contributed by atoms with Gasteiger partial charge in [-0.25, -0.2) is 15.0 Å². The monoisotopic (exact) mass is 358 g/mol. The van der Waals surface area contributed by atoms with Crippen LogP contribution in [0, 0.1) is 0 Å². The Morgan fingerprint density at radius 1 is 1.31 bits per heavy atom. The van der Waals surface area contributed by atoms with Gasteiger partial charge in [0, 0.05) is 32.7 Å². The highest BCUT2D eigenvalue weighted by molar-refractivity contribution is 5.82. The molecule has 3 aromatic rings. The molecule has 0 atom stereocenters. The minimum Gasteiger partial charge on any atom is -0.384 e. The van der Waals surface area contributed by atoms with Crippen LogP contribution in [0.4, 0.5) is 5.82 Å². The summed E-state index contributed by atoms with van der Waals surface area (Å²) >= 11 is 0. The molecule has 4 heterocycles. The van der Waals surface area contributed by atoms with E-state index in [0.717, 1.165) is 37.3 Å². The maximum absolute atomic E-state index is 5.26. The maximum atomic E-state index is 5.26. The normalized spacial score (nSPS) is 15.8. The van der Waals surface area contributed by atoms with Crippen molar-refractivity contribution in [3.05, 3.63) is 24.4 Å². The van der Waals surface area contributed by atoms with Gasteiger partial charge in [-0.3, -0.25) is 0 Å². The van der Waals surface area contributed by atoms with Gasteiger partial charge in [0.1, 0.15) is 11.8 Å². The van der Waals surface area contributed by atoms with Gasteiger partial charge in [-0.05, 0) is 12.8 Å². The fourth-order valence-electron chi connectivity index (χ4n) is 3.18. The number of piperidine rings is 1. The first kappa shape index (κ1) is 16.9. The van der Waals surface area contributed by atoms with Crippen LogP contribution in [0.25, 0.3) is 11.2 Å². The lowest BCUT2D eigenvalue weighted by molar-refractivity contribution is 0.199. The van der Waals surface area contributed by atoms with E-state index in [-0.39, 0.29) is 0 Å². The highest BCUT2D eigenvalue weighted by atomic mass is 16.5. The summed E-state index contributed by atoms with van der Waals surface area (Å²) < 4.78 is 10.3. The van der Waals surface area contributed by atoms with Crippen molar-refractivity contribution in [2.45, 2.75) is 31.8 Å². The molecule has 1 aliphatic heterocycles. The molecular formula is C16H22N8O2. The lowest BCUT2D eigenvalue weighted by Crippen LogP contribution is -2.42. The van der Waals surface area contributed by atoms with Gasteiger partial charge in [0.2, 0.25) is 5.89 Å². The van der Waals surface area contributed by atoms with E-state index in [4.69, 9.17) is 9.26 Å². The number of hydrogen-bond donors (Lipinski definition) is 2. The molecule has 138 valence electrons. The summed E-state index contributed by atoms with van der Waals surface area (Å²) in [5.74, 6) is 2.23. The molecule has 1 aliphatic rings. The number of nitrogens with zero attached hydrogens (tertiary/aromatic N) is 6. The number of ether oxygens (including phenoxy) is 1. The number of aromatic amines is 1. The molecule has 3 aromatic heterocycles. The molecule has 0 spiro atoms. The van der Waals surface area contributed by atoms with Crippen LogP contribution in [-0.2, 0) is 17.7 Å². The van der Waals surface area contributed by atoms with Crippen LogP contribution in [0.15, 0.2) is 17.2 Å². The molecule has 10 heteroatoms. The summed E-state index contributed by atoms with van der Waals surface area (Å²) in [4.78, 5) is 22.6. The number of methoxy groups -OCH3 is 1. The smallest absolute Gasteiger partial charge is 0.240 e. The zero-order valence-electron chi connectivity index (χ0n) is 14.7. The number of H-pyrrole nitrogens is 1. The third-order valence-corrected chi connectivity index (χ3v) is 4.58. The zero-order chi connectivity index (χ0) is 17.8. The molecule has 0 radical (unpaired) electrons. The molecule has 0 amide bonds. The number of fused-ring (bicyclic) bond motifs is 1. The molecule has 0 aromatic carbocycles. The van der Waals surface area contributed by atoms with E-state index >= 15 is 0 Å². The summed E-state index contributed by atoms with van der Waals surface area (Å²) in [5, 5.41) is 7.46. The van der Waals surface area contributed by atoms with E-state index in [2.05, 4.69) is 40.3 Å². The van der Waals surface area contributed by atoms with Crippen LogP contribution in [0.5, 0.6) is 0 Å². The molecular weight excluding hydrogens is 336 g/mol. The average Bonchev–Trinajstić information content (AvgIpc) is 3.34. The Kier molecular flexibility index (Phi) is 5.02. The first-order valence-electron chi connectivity index (χ1n) is 8.76. The predicted molar refractivity (Wildman–Crippen MR) is 93.6 cm³/mol. The van der Waals surface area contributed by atoms with Gasteiger partial charge in [0.05, 0.1) is 19.5 Å². The number of imidazole rings is 1. The second-order valence-electron chi connectivity index (χ2n) is 6.29. The first-order valence-corrected chi connectivity index (χ1v) is 8.76. The summed E-state index contributed by atoms with van der Waals surface area (Å²) in [6, 6.07) is 0.416. The molecule has 1 fully saturated rings. The first-order chi connectivity index (χ1) is 12.8. The Hall–Kier alpha value is -2.59. The standard InChI is InChI=1S/C16H22N8O2/c1-25-7-4-12-22-13(26-23-12)8-17-11-2-5-24(6-3-11)16-14-15(19-9-18-14)20-10-21-16/h9-11,17H,2-8H2,1H3,(H,18,19,20,21). The Morgan fingerprint density at radius 2 is 2.19 bits per heavy atom. The Balaban J connectivity index is 1.28. The molecule has 26 heavy (non-hydrogen) atoms. The minimum absolute atomic E-state index is 0.416. The highest BCUT2D eigenvalue weighted by Gasteiger charge is 2.22. The number of anilines is 1. The molecule has 0 saturated carbocycles. The van der Waals surface area contributed by atoms with E-state index in [1.165, 1.54) is 0 Å². The number of nitrogens with one attached hydrogen (secondary N) is 2. The van der Waals surface area contributed by atoms with Gasteiger partial charge >= 0.3 is 0 Å². The van der Waals surface area contributed by atoms with E-state index < -0.39 is 0 Å². The number of aromatic nitrogens is 6. The number of hydrogen-bond acceptors (Lipinski definition) is 9. The lowest BCUT2D eigenvalue weighted by Gasteiger charge is -2.33. The van der Waals surface area contributed by atoms with Crippen LogP contribution in [0.2, 0.25) is 0 Å². The van der Waals surface area contributed by atoms with Crippen LogP contribution < -0.4 is 10.2 Å². The number of rotatable bonds is 7. The topological polar surface area (TPSA) is 118 Å². The van der Waals surface area contributed by atoms with Crippen molar-refractivity contribution in [3.63, 3.8) is 0 Å². The predicted octanol–water partition coefficient (Wildman–Crippen LogP) is 0.683. The van der Waals surface area contributed by atoms with E-state index in [9.17, 15) is 0 Å². The molecule has 1 saturated heterocycles. The van der Waals surface area contributed by atoms with Gasteiger partial charge in [0.25, 0.3) is 0 Å². The third kappa shape index (κ3) is 3.65. The Morgan fingerprint density at radius 3 is 3.04 bits per heavy atom. The van der Waals surface area contributed by atoms with Gasteiger partial charge in [-0.2, -0.15) is 4.98 Å². The van der Waals surface area contributed by atoms with Crippen LogP contribution in [0.3, 0.4) is 0 Å². The molecule has 2 N–H and O–H groups in total. The maximum Gasteiger partial charge on any atom is 0.240 e. The fraction of sp³-hybridized carbons (Fsp3) is 0.562. The third-order valence-electron chi connectivity index (χ3n) is 4.58. The lowest BCUT2D eigenvalue weighted by atomic mass is 10.1. The van der Waals surface area contributed by atoms with Crippen molar-refractivity contribution in [1.29, 1.82) is 0 Å². The van der Waals surface area contributed by atoms with Gasteiger partial charge in [-0.15, -0.1) is 0 Å². The molecule has 0 unspecified atom stereocenters. The van der Waals surface area contributed by atoms with Gasteiger partial charge in [-0.1, -0.05) is 5.16 Å². The van der Waals surface area contributed by atoms with Crippen LogP contribution in [0.1, 0.15) is 24.6 Å². The average molecular weight is 358 g/mol. The van der Waals surface area contributed by atoms with Gasteiger partial charge < -0.3 is 24.5 Å². The summed E-state index contributed by atoms with van der Waals surface area (Å²) in [6.07, 6.45) is 5.93. The van der Waals surface area contributed by atoms with Crippen molar-refractivity contribution < 1.29 is 9.26 Å². The molecule has 0 aliphatic carbocycles.